The fourth-order valence-electron chi connectivity index (χ4n) is 2.14. The highest BCUT2D eigenvalue weighted by atomic mass is 32.1. The zero-order valence-electron chi connectivity index (χ0n) is 11.4. The molecule has 2 aromatic carbocycles. The summed E-state index contributed by atoms with van der Waals surface area (Å²) in [5.41, 5.74) is 1.12. The lowest BCUT2D eigenvalue weighted by Gasteiger charge is -2.07. The van der Waals surface area contributed by atoms with E-state index in [0.717, 1.165) is 9.71 Å². The molecule has 0 spiro atoms. The van der Waals surface area contributed by atoms with Gasteiger partial charge in [-0.25, -0.2) is 13.8 Å². The van der Waals surface area contributed by atoms with Gasteiger partial charge in [-0.05, 0) is 24.3 Å². The van der Waals surface area contributed by atoms with Crippen LogP contribution in [-0.4, -0.2) is 11.5 Å². The van der Waals surface area contributed by atoms with Crippen LogP contribution in [0.5, 0.6) is 0 Å². The molecule has 0 aliphatic carbocycles. The standard InChI is InChI=1S/C16H11F2N3S/c17-10-4-5-15-14(8-10)21-16(22-15)6-7-20-13-3-1-2-12(18)11(13)9-19/h1-5,8,20H,6-7H2. The van der Waals surface area contributed by atoms with E-state index in [-0.39, 0.29) is 11.4 Å². The van der Waals surface area contributed by atoms with Gasteiger partial charge in [0.15, 0.2) is 0 Å². The number of rotatable bonds is 4. The zero-order valence-corrected chi connectivity index (χ0v) is 12.3. The van der Waals surface area contributed by atoms with Crippen LogP contribution in [0.2, 0.25) is 0 Å². The van der Waals surface area contributed by atoms with E-state index < -0.39 is 5.82 Å². The molecule has 0 bridgehead atoms. The Hall–Kier alpha value is -2.52. The van der Waals surface area contributed by atoms with Gasteiger partial charge >= 0.3 is 0 Å². The number of nitriles is 1. The van der Waals surface area contributed by atoms with Gasteiger partial charge in [-0.3, -0.25) is 0 Å². The molecular weight excluding hydrogens is 304 g/mol. The lowest BCUT2D eigenvalue weighted by molar-refractivity contribution is 0.624. The molecule has 0 aliphatic rings. The molecule has 1 N–H and O–H groups in total. The predicted molar refractivity (Wildman–Crippen MR) is 82.9 cm³/mol. The minimum Gasteiger partial charge on any atom is -0.383 e. The van der Waals surface area contributed by atoms with Crippen LogP contribution in [0.3, 0.4) is 0 Å². The third-order valence-electron chi connectivity index (χ3n) is 3.17. The van der Waals surface area contributed by atoms with Gasteiger partial charge < -0.3 is 5.32 Å². The maximum absolute atomic E-state index is 13.5. The summed E-state index contributed by atoms with van der Waals surface area (Å²) in [5.74, 6) is -0.844. The first-order valence-electron chi connectivity index (χ1n) is 6.65. The minimum atomic E-state index is -0.539. The fraction of sp³-hybridized carbons (Fsp3) is 0.125. The molecule has 3 rings (SSSR count). The Bertz CT molecular complexity index is 867. The molecule has 22 heavy (non-hydrogen) atoms. The average Bonchev–Trinajstić information content (AvgIpc) is 2.89. The number of aromatic nitrogens is 1. The lowest BCUT2D eigenvalue weighted by Crippen LogP contribution is -2.06. The van der Waals surface area contributed by atoms with Gasteiger partial charge in [-0.15, -0.1) is 11.3 Å². The Kier molecular flexibility index (Phi) is 3.98. The summed E-state index contributed by atoms with van der Waals surface area (Å²) >= 11 is 1.50. The summed E-state index contributed by atoms with van der Waals surface area (Å²) in [6, 6.07) is 10.8. The highest BCUT2D eigenvalue weighted by Crippen LogP contribution is 2.23. The highest BCUT2D eigenvalue weighted by molar-refractivity contribution is 7.18. The van der Waals surface area contributed by atoms with Crippen LogP contribution in [0.1, 0.15) is 10.6 Å². The van der Waals surface area contributed by atoms with Crippen molar-refractivity contribution in [2.75, 3.05) is 11.9 Å². The molecule has 0 aliphatic heterocycles. The van der Waals surface area contributed by atoms with Crippen molar-refractivity contribution in [3.8, 4) is 6.07 Å². The third kappa shape index (κ3) is 2.90. The Morgan fingerprint density at radius 2 is 2.09 bits per heavy atom. The number of benzene rings is 2. The van der Waals surface area contributed by atoms with E-state index in [4.69, 9.17) is 5.26 Å². The minimum absolute atomic E-state index is 0.00821. The van der Waals surface area contributed by atoms with E-state index in [1.54, 1.807) is 18.2 Å². The third-order valence-corrected chi connectivity index (χ3v) is 4.27. The number of thiazole rings is 1. The maximum Gasteiger partial charge on any atom is 0.143 e. The van der Waals surface area contributed by atoms with Crippen LogP contribution in [0.4, 0.5) is 14.5 Å². The van der Waals surface area contributed by atoms with Crippen molar-refractivity contribution in [3.63, 3.8) is 0 Å². The number of fused-ring (bicyclic) bond motifs is 1. The van der Waals surface area contributed by atoms with Gasteiger partial charge in [0.25, 0.3) is 0 Å². The predicted octanol–water partition coefficient (Wildman–Crippen LogP) is 4.10. The van der Waals surface area contributed by atoms with E-state index in [1.165, 1.54) is 29.5 Å². The number of halogens is 2. The van der Waals surface area contributed by atoms with Crippen molar-refractivity contribution >= 4 is 27.2 Å². The molecule has 110 valence electrons. The number of nitrogens with zero attached hydrogens (tertiary/aromatic N) is 2. The van der Waals surface area contributed by atoms with Crippen molar-refractivity contribution in [2.45, 2.75) is 6.42 Å². The summed E-state index contributed by atoms with van der Waals surface area (Å²) in [6.45, 7) is 0.514. The van der Waals surface area contributed by atoms with Gasteiger partial charge in [-0.1, -0.05) is 6.07 Å². The maximum atomic E-state index is 13.5. The SMILES string of the molecule is N#Cc1c(F)cccc1NCCc1nc2cc(F)ccc2s1. The highest BCUT2D eigenvalue weighted by Gasteiger charge is 2.08. The second-order valence-corrected chi connectivity index (χ2v) is 5.79. The second kappa shape index (κ2) is 6.08. The van der Waals surface area contributed by atoms with Crippen molar-refractivity contribution in [1.29, 1.82) is 5.26 Å². The van der Waals surface area contributed by atoms with Crippen LogP contribution in [0, 0.1) is 23.0 Å². The molecule has 0 unspecified atom stereocenters. The Labute approximate surface area is 129 Å². The largest absolute Gasteiger partial charge is 0.383 e. The first-order chi connectivity index (χ1) is 10.7. The molecular formula is C16H11F2N3S. The van der Waals surface area contributed by atoms with Crippen molar-refractivity contribution in [3.05, 3.63) is 58.6 Å². The van der Waals surface area contributed by atoms with Crippen LogP contribution in [-0.2, 0) is 6.42 Å². The van der Waals surface area contributed by atoms with Gasteiger partial charge in [-0.2, -0.15) is 5.26 Å². The summed E-state index contributed by atoms with van der Waals surface area (Å²) < 4.78 is 27.5. The molecule has 0 saturated carbocycles. The summed E-state index contributed by atoms with van der Waals surface area (Å²) in [6.07, 6.45) is 0.613. The smallest absolute Gasteiger partial charge is 0.143 e. The van der Waals surface area contributed by atoms with Crippen LogP contribution >= 0.6 is 11.3 Å². The van der Waals surface area contributed by atoms with Gasteiger partial charge in [0.2, 0.25) is 0 Å². The van der Waals surface area contributed by atoms with Gasteiger partial charge in [0.1, 0.15) is 23.3 Å². The Morgan fingerprint density at radius 1 is 1.23 bits per heavy atom. The average molecular weight is 315 g/mol. The summed E-state index contributed by atoms with van der Waals surface area (Å²) in [7, 11) is 0. The summed E-state index contributed by atoms with van der Waals surface area (Å²) in [5, 5.41) is 12.9. The van der Waals surface area contributed by atoms with Crippen molar-refractivity contribution in [1.82, 2.24) is 4.98 Å². The second-order valence-electron chi connectivity index (χ2n) is 4.67. The first kappa shape index (κ1) is 14.4. The number of anilines is 1. The molecule has 0 atom stereocenters. The van der Waals surface area contributed by atoms with Crippen molar-refractivity contribution in [2.24, 2.45) is 0 Å². The fourth-order valence-corrected chi connectivity index (χ4v) is 3.09. The topological polar surface area (TPSA) is 48.7 Å². The van der Waals surface area contributed by atoms with E-state index in [1.807, 2.05) is 6.07 Å². The van der Waals surface area contributed by atoms with E-state index in [0.29, 0.717) is 24.2 Å². The van der Waals surface area contributed by atoms with E-state index in [9.17, 15) is 8.78 Å². The molecule has 0 fully saturated rings. The Morgan fingerprint density at radius 3 is 2.91 bits per heavy atom. The van der Waals surface area contributed by atoms with E-state index >= 15 is 0 Å². The number of nitrogens with one attached hydrogen (secondary N) is 1. The zero-order chi connectivity index (χ0) is 15.5. The molecule has 1 aromatic heterocycles. The van der Waals surface area contributed by atoms with Gasteiger partial charge in [0, 0.05) is 19.0 Å². The van der Waals surface area contributed by atoms with Gasteiger partial charge in [0.05, 0.1) is 20.9 Å². The molecule has 0 amide bonds. The number of hydrogen-bond donors (Lipinski definition) is 1. The molecule has 0 radical (unpaired) electrons. The quantitative estimate of drug-likeness (QED) is 0.788. The lowest BCUT2D eigenvalue weighted by atomic mass is 10.2. The molecule has 1 heterocycles. The molecule has 3 nitrogen and oxygen atoms in total. The molecule has 0 saturated heterocycles. The normalized spacial score (nSPS) is 10.6. The van der Waals surface area contributed by atoms with Crippen LogP contribution in [0.25, 0.3) is 10.2 Å². The number of hydrogen-bond acceptors (Lipinski definition) is 4. The monoisotopic (exact) mass is 315 g/mol. The summed E-state index contributed by atoms with van der Waals surface area (Å²) in [4.78, 5) is 4.36. The van der Waals surface area contributed by atoms with Crippen LogP contribution < -0.4 is 5.32 Å². The van der Waals surface area contributed by atoms with E-state index in [2.05, 4.69) is 10.3 Å². The molecule has 6 heteroatoms. The molecule has 3 aromatic rings. The van der Waals surface area contributed by atoms with Crippen LogP contribution in [0.15, 0.2) is 36.4 Å². The Balaban J connectivity index is 1.70. The first-order valence-corrected chi connectivity index (χ1v) is 7.46. The van der Waals surface area contributed by atoms with Crippen molar-refractivity contribution < 1.29 is 8.78 Å².